The fourth-order valence-corrected chi connectivity index (χ4v) is 2.92. The van der Waals surface area contributed by atoms with Crippen LogP contribution in [0.1, 0.15) is 23.0 Å². The van der Waals surface area contributed by atoms with Crippen LogP contribution in [0.15, 0.2) is 22.7 Å². The highest BCUT2D eigenvalue weighted by molar-refractivity contribution is 9.10. The number of para-hydroxylation sites is 1. The Hall–Kier alpha value is -1.53. The Morgan fingerprint density at radius 2 is 2.05 bits per heavy atom. The third-order valence-electron chi connectivity index (χ3n) is 3.51. The fraction of sp³-hybridized carbons (Fsp3) is 0.400. The number of benzene rings is 1. The van der Waals surface area contributed by atoms with Gasteiger partial charge in [0.25, 0.3) is 0 Å². The maximum atomic E-state index is 6.38. The van der Waals surface area contributed by atoms with E-state index < -0.39 is 0 Å². The summed E-state index contributed by atoms with van der Waals surface area (Å²) in [5.74, 6) is 1.37. The molecule has 5 nitrogen and oxygen atoms in total. The van der Waals surface area contributed by atoms with Gasteiger partial charge in [0, 0.05) is 25.1 Å². The standard InChI is InChI=1S/C15H20BrN3O2/c1-9-14(16)12(19(2)18-9)8-11(17)10-6-5-7-13(20-3)15(10)21-4/h5-7,11H,8,17H2,1-4H3. The van der Waals surface area contributed by atoms with Crippen LogP contribution in [-0.2, 0) is 13.5 Å². The van der Waals surface area contributed by atoms with E-state index in [2.05, 4.69) is 21.0 Å². The van der Waals surface area contributed by atoms with Crippen LogP contribution in [0, 0.1) is 6.92 Å². The Morgan fingerprint density at radius 1 is 1.33 bits per heavy atom. The van der Waals surface area contributed by atoms with Crippen LogP contribution in [0.5, 0.6) is 11.5 Å². The average molecular weight is 354 g/mol. The third-order valence-corrected chi connectivity index (χ3v) is 4.54. The lowest BCUT2D eigenvalue weighted by atomic mass is 10.0. The van der Waals surface area contributed by atoms with Gasteiger partial charge in [0.05, 0.1) is 30.1 Å². The number of hydrogen-bond donors (Lipinski definition) is 1. The summed E-state index contributed by atoms with van der Waals surface area (Å²) in [5, 5.41) is 4.39. The molecule has 1 unspecified atom stereocenters. The molecule has 0 fully saturated rings. The summed E-state index contributed by atoms with van der Waals surface area (Å²) in [6.07, 6.45) is 0.654. The summed E-state index contributed by atoms with van der Waals surface area (Å²) >= 11 is 3.57. The highest BCUT2D eigenvalue weighted by atomic mass is 79.9. The quantitative estimate of drug-likeness (QED) is 0.897. The van der Waals surface area contributed by atoms with Crippen molar-refractivity contribution < 1.29 is 9.47 Å². The van der Waals surface area contributed by atoms with Crippen LogP contribution >= 0.6 is 15.9 Å². The lowest BCUT2D eigenvalue weighted by molar-refractivity contribution is 0.349. The van der Waals surface area contributed by atoms with Crippen molar-refractivity contribution in [3.05, 3.63) is 39.6 Å². The van der Waals surface area contributed by atoms with Crippen molar-refractivity contribution in [1.29, 1.82) is 0 Å². The van der Waals surface area contributed by atoms with Gasteiger partial charge in [-0.05, 0) is 28.9 Å². The third kappa shape index (κ3) is 3.06. The molecule has 2 rings (SSSR count). The number of nitrogens with zero attached hydrogens (tertiary/aromatic N) is 2. The van der Waals surface area contributed by atoms with Crippen molar-refractivity contribution >= 4 is 15.9 Å². The van der Waals surface area contributed by atoms with E-state index >= 15 is 0 Å². The fourth-order valence-electron chi connectivity index (χ4n) is 2.42. The lowest BCUT2D eigenvalue weighted by Gasteiger charge is -2.18. The molecule has 0 saturated heterocycles. The number of hydrogen-bond acceptors (Lipinski definition) is 4. The first kappa shape index (κ1) is 15.9. The van der Waals surface area contributed by atoms with Crippen LogP contribution in [0.4, 0.5) is 0 Å². The molecule has 1 heterocycles. The predicted octanol–water partition coefficient (Wildman–Crippen LogP) is 2.75. The molecule has 0 bridgehead atoms. The first-order chi connectivity index (χ1) is 9.99. The van der Waals surface area contributed by atoms with Gasteiger partial charge in [0.15, 0.2) is 11.5 Å². The Bertz CT molecular complexity index is 640. The second-order valence-corrected chi connectivity index (χ2v) is 5.66. The number of aryl methyl sites for hydroxylation is 2. The van der Waals surface area contributed by atoms with E-state index in [0.29, 0.717) is 17.9 Å². The predicted molar refractivity (Wildman–Crippen MR) is 85.8 cm³/mol. The van der Waals surface area contributed by atoms with Gasteiger partial charge in [-0.3, -0.25) is 4.68 Å². The summed E-state index contributed by atoms with van der Waals surface area (Å²) < 4.78 is 13.6. The van der Waals surface area contributed by atoms with E-state index in [-0.39, 0.29) is 6.04 Å². The second kappa shape index (κ2) is 6.49. The monoisotopic (exact) mass is 353 g/mol. The van der Waals surface area contributed by atoms with Crippen LogP contribution in [0.25, 0.3) is 0 Å². The van der Waals surface area contributed by atoms with Gasteiger partial charge in [-0.2, -0.15) is 5.10 Å². The Kier molecular flexibility index (Phi) is 4.90. The molecular formula is C15H20BrN3O2. The SMILES string of the molecule is COc1cccc(C(N)Cc2c(Br)c(C)nn2C)c1OC. The normalized spacial score (nSPS) is 12.3. The highest BCUT2D eigenvalue weighted by Gasteiger charge is 2.20. The van der Waals surface area contributed by atoms with Crippen molar-refractivity contribution in [2.45, 2.75) is 19.4 Å². The summed E-state index contributed by atoms with van der Waals surface area (Å²) in [5.41, 5.74) is 9.31. The maximum Gasteiger partial charge on any atom is 0.165 e. The topological polar surface area (TPSA) is 62.3 Å². The first-order valence-electron chi connectivity index (χ1n) is 6.64. The molecule has 0 amide bonds. The number of nitrogens with two attached hydrogens (primary N) is 1. The minimum absolute atomic E-state index is 0.207. The molecule has 6 heteroatoms. The van der Waals surface area contributed by atoms with Gasteiger partial charge < -0.3 is 15.2 Å². The molecule has 2 N–H and O–H groups in total. The van der Waals surface area contributed by atoms with Gasteiger partial charge in [-0.25, -0.2) is 0 Å². The average Bonchev–Trinajstić information content (AvgIpc) is 2.72. The number of rotatable bonds is 5. The second-order valence-electron chi connectivity index (χ2n) is 4.86. The minimum atomic E-state index is -0.207. The Labute approximate surface area is 133 Å². The number of methoxy groups -OCH3 is 2. The smallest absolute Gasteiger partial charge is 0.165 e. The number of aromatic nitrogens is 2. The van der Waals surface area contributed by atoms with E-state index in [4.69, 9.17) is 15.2 Å². The Balaban J connectivity index is 2.34. The number of halogens is 1. The van der Waals surface area contributed by atoms with E-state index in [1.54, 1.807) is 14.2 Å². The molecule has 114 valence electrons. The van der Waals surface area contributed by atoms with E-state index in [0.717, 1.165) is 21.4 Å². The number of ether oxygens (including phenoxy) is 2. The van der Waals surface area contributed by atoms with Crippen LogP contribution in [0.2, 0.25) is 0 Å². The van der Waals surface area contributed by atoms with Crippen LogP contribution in [0.3, 0.4) is 0 Å². The zero-order valence-corrected chi connectivity index (χ0v) is 14.3. The van der Waals surface area contributed by atoms with Gasteiger partial charge in [-0.1, -0.05) is 12.1 Å². The van der Waals surface area contributed by atoms with Crippen molar-refractivity contribution in [1.82, 2.24) is 9.78 Å². The molecule has 0 saturated carbocycles. The minimum Gasteiger partial charge on any atom is -0.493 e. The summed E-state index contributed by atoms with van der Waals surface area (Å²) in [4.78, 5) is 0. The molecule has 1 atom stereocenters. The maximum absolute atomic E-state index is 6.38. The summed E-state index contributed by atoms with van der Waals surface area (Å²) in [6, 6.07) is 5.53. The van der Waals surface area contributed by atoms with Crippen LogP contribution < -0.4 is 15.2 Å². The summed E-state index contributed by atoms with van der Waals surface area (Å²) in [7, 11) is 5.16. The van der Waals surface area contributed by atoms with E-state index in [9.17, 15) is 0 Å². The first-order valence-corrected chi connectivity index (χ1v) is 7.43. The van der Waals surface area contributed by atoms with Crippen molar-refractivity contribution in [3.8, 4) is 11.5 Å². The Morgan fingerprint density at radius 3 is 2.57 bits per heavy atom. The van der Waals surface area contributed by atoms with E-state index in [1.165, 1.54) is 0 Å². The van der Waals surface area contributed by atoms with Gasteiger partial charge in [-0.15, -0.1) is 0 Å². The van der Waals surface area contributed by atoms with Crippen molar-refractivity contribution in [2.75, 3.05) is 14.2 Å². The molecule has 0 spiro atoms. The molecule has 21 heavy (non-hydrogen) atoms. The van der Waals surface area contributed by atoms with Gasteiger partial charge >= 0.3 is 0 Å². The van der Waals surface area contributed by atoms with Crippen LogP contribution in [-0.4, -0.2) is 24.0 Å². The zero-order valence-electron chi connectivity index (χ0n) is 12.7. The molecule has 1 aromatic carbocycles. The van der Waals surface area contributed by atoms with Gasteiger partial charge in [0.1, 0.15) is 0 Å². The van der Waals surface area contributed by atoms with Crippen molar-refractivity contribution in [2.24, 2.45) is 12.8 Å². The largest absolute Gasteiger partial charge is 0.493 e. The molecule has 0 aliphatic heterocycles. The van der Waals surface area contributed by atoms with Gasteiger partial charge in [0.2, 0.25) is 0 Å². The molecule has 0 aliphatic carbocycles. The highest BCUT2D eigenvalue weighted by Crippen LogP contribution is 2.35. The molecule has 0 aliphatic rings. The zero-order chi connectivity index (χ0) is 15.6. The molecule has 2 aromatic rings. The summed E-state index contributed by atoms with van der Waals surface area (Å²) in [6.45, 7) is 1.96. The lowest BCUT2D eigenvalue weighted by Crippen LogP contribution is -2.17. The van der Waals surface area contributed by atoms with E-state index in [1.807, 2.05) is 36.9 Å². The molecular weight excluding hydrogens is 334 g/mol. The van der Waals surface area contributed by atoms with Crippen molar-refractivity contribution in [3.63, 3.8) is 0 Å². The molecule has 0 radical (unpaired) electrons. The molecule has 1 aromatic heterocycles.